The average Bonchev–Trinajstić information content (AvgIpc) is 3.66. The van der Waals surface area contributed by atoms with Crippen molar-refractivity contribution < 1.29 is 32.0 Å². The number of aryl methyl sites for hydroxylation is 3. The molecule has 60 heavy (non-hydrogen) atoms. The number of pyridine rings is 3. The van der Waals surface area contributed by atoms with E-state index < -0.39 is 47.4 Å². The van der Waals surface area contributed by atoms with Gasteiger partial charge in [0.15, 0.2) is 11.3 Å². The van der Waals surface area contributed by atoms with Gasteiger partial charge in [0.2, 0.25) is 11.8 Å². The molecule has 1 spiro atoms. The van der Waals surface area contributed by atoms with Crippen molar-refractivity contribution in [2.45, 2.75) is 103 Å². The number of hydrogen-bond acceptors (Lipinski definition) is 9. The number of aromatic nitrogens is 9. The number of aliphatic hydroxyl groups is 1. The van der Waals surface area contributed by atoms with Crippen LogP contribution in [-0.2, 0) is 47.9 Å². The number of alkyl halides is 3. The number of likely N-dealkylation sites (tertiary alicyclic amines) is 1. The maximum Gasteiger partial charge on any atom is 0.435 e. The zero-order valence-electron chi connectivity index (χ0n) is 37.1. The largest absolute Gasteiger partial charge is 0.435 e. The molecule has 0 radical (unpaired) electrons. The van der Waals surface area contributed by atoms with E-state index in [4.69, 9.17) is 9.10 Å². The molecule has 0 aromatic carbocycles. The van der Waals surface area contributed by atoms with E-state index in [9.17, 15) is 27.9 Å². The SMILES string of the molecule is [2H]C([2H])([2H])n1cc(C[C@H](C(=O)NC(C)(C)Cn2nc(C(F)(F)F)cc2-c2ccc(C(C)(C)O)nc2)N2CC[C@@]3(C[C@@H]3c3ccc(-c4cnc5nn(CC)cc5c4)nc3C)C2=O)cn1. The van der Waals surface area contributed by atoms with Gasteiger partial charge in [0.1, 0.15) is 11.6 Å². The second-order valence-electron chi connectivity index (χ2n) is 17.1. The Morgan fingerprint density at radius 3 is 2.48 bits per heavy atom. The van der Waals surface area contributed by atoms with Gasteiger partial charge in [-0.15, -0.1) is 0 Å². The van der Waals surface area contributed by atoms with E-state index >= 15 is 0 Å². The van der Waals surface area contributed by atoms with Crippen LogP contribution >= 0.6 is 0 Å². The fraction of sp³-hybridized carbons (Fsp3) is 0.442. The van der Waals surface area contributed by atoms with Crippen LogP contribution < -0.4 is 5.32 Å². The molecular formula is C43H48F3N11O3. The fourth-order valence-corrected chi connectivity index (χ4v) is 8.38. The highest BCUT2D eigenvalue weighted by Gasteiger charge is 2.65. The van der Waals surface area contributed by atoms with Crippen LogP contribution in [0.5, 0.6) is 0 Å². The van der Waals surface area contributed by atoms with Gasteiger partial charge in [0, 0.05) is 83.5 Å². The monoisotopic (exact) mass is 826 g/mol. The van der Waals surface area contributed by atoms with E-state index in [1.54, 1.807) is 40.0 Å². The first kappa shape index (κ1) is 37.1. The van der Waals surface area contributed by atoms with Gasteiger partial charge in [0.25, 0.3) is 0 Å². The molecule has 3 atom stereocenters. The van der Waals surface area contributed by atoms with Crippen molar-refractivity contribution in [3.8, 4) is 22.5 Å². The third-order valence-corrected chi connectivity index (χ3v) is 11.6. The topological polar surface area (TPSA) is 162 Å². The summed E-state index contributed by atoms with van der Waals surface area (Å²) in [5.41, 5.74) is 0.622. The van der Waals surface area contributed by atoms with Gasteiger partial charge in [0.05, 0.1) is 40.8 Å². The van der Waals surface area contributed by atoms with Crippen molar-refractivity contribution in [2.75, 3.05) is 6.54 Å². The highest BCUT2D eigenvalue weighted by Crippen LogP contribution is 2.65. The highest BCUT2D eigenvalue weighted by atomic mass is 19.4. The Bertz CT molecular complexity index is 2720. The molecule has 8 rings (SSSR count). The molecule has 0 bridgehead atoms. The molecule has 2 fully saturated rings. The summed E-state index contributed by atoms with van der Waals surface area (Å²) in [5, 5.41) is 26.6. The summed E-state index contributed by atoms with van der Waals surface area (Å²) < 4.78 is 69.3. The summed E-state index contributed by atoms with van der Waals surface area (Å²) >= 11 is 0. The van der Waals surface area contributed by atoms with Gasteiger partial charge in [-0.1, -0.05) is 6.07 Å². The van der Waals surface area contributed by atoms with Crippen LogP contribution in [0, 0.1) is 12.3 Å². The molecule has 7 heterocycles. The van der Waals surface area contributed by atoms with E-state index in [2.05, 4.69) is 30.6 Å². The number of rotatable bonds is 12. The van der Waals surface area contributed by atoms with Crippen molar-refractivity contribution in [1.29, 1.82) is 0 Å². The molecule has 17 heteroatoms. The normalized spacial score (nSPS) is 19.8. The van der Waals surface area contributed by atoms with Crippen LogP contribution in [0.3, 0.4) is 0 Å². The number of carbonyl (C=O) groups excluding carboxylic acids is 2. The van der Waals surface area contributed by atoms with E-state index in [0.717, 1.165) is 49.9 Å². The number of fused-ring (bicyclic) bond motifs is 1. The minimum absolute atomic E-state index is 0.0697. The van der Waals surface area contributed by atoms with Crippen LogP contribution in [-0.4, -0.2) is 84.2 Å². The highest BCUT2D eigenvalue weighted by molar-refractivity contribution is 5.95. The molecule has 1 aliphatic heterocycles. The Labute approximate surface area is 349 Å². The van der Waals surface area contributed by atoms with Gasteiger partial charge in [-0.05, 0) is 95.8 Å². The molecule has 1 aliphatic carbocycles. The van der Waals surface area contributed by atoms with Crippen molar-refractivity contribution in [3.05, 3.63) is 95.6 Å². The molecule has 2 amide bonds. The second kappa shape index (κ2) is 14.6. The van der Waals surface area contributed by atoms with E-state index in [1.807, 2.05) is 42.9 Å². The smallest absolute Gasteiger partial charge is 0.384 e. The van der Waals surface area contributed by atoms with Crippen molar-refractivity contribution in [2.24, 2.45) is 12.4 Å². The summed E-state index contributed by atoms with van der Waals surface area (Å²) in [6.07, 6.45) is 3.89. The molecule has 1 saturated heterocycles. The Kier molecular flexibility index (Phi) is 9.04. The van der Waals surface area contributed by atoms with Crippen molar-refractivity contribution >= 4 is 22.8 Å². The van der Waals surface area contributed by atoms with Crippen LogP contribution in [0.2, 0.25) is 0 Å². The first-order valence-electron chi connectivity index (χ1n) is 21.3. The van der Waals surface area contributed by atoms with Gasteiger partial charge in [-0.2, -0.15) is 28.5 Å². The van der Waals surface area contributed by atoms with Crippen molar-refractivity contribution in [3.63, 3.8) is 0 Å². The maximum absolute atomic E-state index is 14.6. The molecule has 1 saturated carbocycles. The third-order valence-electron chi connectivity index (χ3n) is 11.6. The number of halogens is 3. The number of nitrogens with one attached hydrogen (secondary N) is 1. The Morgan fingerprint density at radius 2 is 1.82 bits per heavy atom. The molecule has 6 aromatic heterocycles. The van der Waals surface area contributed by atoms with Gasteiger partial charge >= 0.3 is 6.18 Å². The number of hydrogen-bond donors (Lipinski definition) is 2. The lowest BCUT2D eigenvalue weighted by molar-refractivity contribution is -0.141. The molecule has 0 unspecified atom stereocenters. The number of amides is 2. The van der Waals surface area contributed by atoms with Gasteiger partial charge in [-0.25, -0.2) is 4.98 Å². The lowest BCUT2D eigenvalue weighted by Crippen LogP contribution is -2.56. The predicted molar refractivity (Wildman–Crippen MR) is 216 cm³/mol. The summed E-state index contributed by atoms with van der Waals surface area (Å²) in [6.45, 7) is 8.45. The first-order valence-corrected chi connectivity index (χ1v) is 19.8. The fourth-order valence-electron chi connectivity index (χ4n) is 8.38. The first-order chi connectivity index (χ1) is 29.5. The lowest BCUT2D eigenvalue weighted by Gasteiger charge is -2.33. The zero-order chi connectivity index (χ0) is 45.4. The van der Waals surface area contributed by atoms with Crippen LogP contribution in [0.4, 0.5) is 13.2 Å². The van der Waals surface area contributed by atoms with Crippen LogP contribution in [0.1, 0.15) is 85.7 Å². The maximum atomic E-state index is 14.6. The van der Waals surface area contributed by atoms with Crippen LogP contribution in [0.15, 0.2) is 67.4 Å². The zero-order valence-corrected chi connectivity index (χ0v) is 34.1. The van der Waals surface area contributed by atoms with Crippen LogP contribution in [0.25, 0.3) is 33.5 Å². The summed E-state index contributed by atoms with van der Waals surface area (Å²) in [6, 6.07) is 8.76. The Hall–Kier alpha value is -5.97. The van der Waals surface area contributed by atoms with E-state index in [1.165, 1.54) is 29.6 Å². The van der Waals surface area contributed by atoms with E-state index in [-0.39, 0.29) is 37.0 Å². The minimum atomic E-state index is -4.77. The molecular weight excluding hydrogens is 776 g/mol. The summed E-state index contributed by atoms with van der Waals surface area (Å²) in [7, 11) is 0. The second-order valence-corrected chi connectivity index (χ2v) is 17.1. The van der Waals surface area contributed by atoms with E-state index in [0.29, 0.717) is 35.3 Å². The Balaban J connectivity index is 1.04. The molecule has 2 N–H and O–H groups in total. The number of nitrogens with zero attached hydrogens (tertiary/aromatic N) is 10. The average molecular weight is 827 g/mol. The molecule has 2 aliphatic rings. The van der Waals surface area contributed by atoms with Gasteiger partial charge in [-0.3, -0.25) is 33.6 Å². The minimum Gasteiger partial charge on any atom is -0.384 e. The Morgan fingerprint density at radius 1 is 1.03 bits per heavy atom. The van der Waals surface area contributed by atoms with Gasteiger partial charge < -0.3 is 15.3 Å². The molecule has 14 nitrogen and oxygen atoms in total. The standard InChI is InChI=1S/C43H48F3N11O3/c1-8-55-23-29-16-28(21-48-37(29)53-55)32-11-10-30(25(2)50-32)31-18-42(31)13-14-56(39(42)59)34(15-26-19-49-54(7)22-26)38(58)51-40(3,4)24-57-33(17-36(52-57)43(44,45)46)27-9-12-35(47-20-27)41(5,6)60/h9-12,16-17,19-23,31,34,60H,8,13-15,18,24H2,1-7H3,(H,51,58)/t31-,34-,42+/m1/s1/i7D3. The summed E-state index contributed by atoms with van der Waals surface area (Å²) in [5.74, 6) is -0.945. The quantitative estimate of drug-likeness (QED) is 0.151. The third kappa shape index (κ3) is 7.77. The summed E-state index contributed by atoms with van der Waals surface area (Å²) in [4.78, 5) is 44.4. The van der Waals surface area contributed by atoms with Crippen molar-refractivity contribution in [1.82, 2.24) is 54.5 Å². The molecule has 6 aromatic rings. The molecule has 314 valence electrons. The number of carbonyl (C=O) groups is 2. The lowest BCUT2D eigenvalue weighted by atomic mass is 9.96. The predicted octanol–water partition coefficient (Wildman–Crippen LogP) is 5.97.